The number of amides is 1. The highest BCUT2D eigenvalue weighted by Crippen LogP contribution is 2.39. The highest BCUT2D eigenvalue weighted by molar-refractivity contribution is 7.97. The van der Waals surface area contributed by atoms with Crippen molar-refractivity contribution in [1.82, 2.24) is 0 Å². The molecule has 31 heavy (non-hydrogen) atoms. The lowest BCUT2D eigenvalue weighted by Gasteiger charge is -2.26. The van der Waals surface area contributed by atoms with Gasteiger partial charge in [0.1, 0.15) is 11.6 Å². The maximum Gasteiger partial charge on any atom is 0.231 e. The lowest BCUT2D eigenvalue weighted by molar-refractivity contribution is -0.122. The van der Waals surface area contributed by atoms with Gasteiger partial charge in [-0.2, -0.15) is 0 Å². The van der Waals surface area contributed by atoms with Gasteiger partial charge in [-0.1, -0.05) is 24.3 Å². The maximum absolute atomic E-state index is 14.2. The second-order valence-electron chi connectivity index (χ2n) is 8.38. The Hall–Kier alpha value is -2.70. The Balaban J connectivity index is 1.42. The molecule has 0 aromatic heterocycles. The number of hydrogen-bond acceptors (Lipinski definition) is 3. The third-order valence-electron chi connectivity index (χ3n) is 6.37. The molecule has 0 unspecified atom stereocenters. The molecule has 3 nitrogen and oxygen atoms in total. The van der Waals surface area contributed by atoms with E-state index >= 15 is 0 Å². The summed E-state index contributed by atoms with van der Waals surface area (Å²) in [6, 6.07) is 15.2. The summed E-state index contributed by atoms with van der Waals surface area (Å²) in [5.74, 6) is -0.977. The number of halogens is 2. The van der Waals surface area contributed by atoms with Crippen molar-refractivity contribution in [1.29, 1.82) is 0 Å². The second-order valence-corrected chi connectivity index (χ2v) is 9.09. The maximum atomic E-state index is 14.2. The van der Waals surface area contributed by atoms with E-state index < -0.39 is 11.6 Å². The largest absolute Gasteiger partial charge is 0.309 e. The Kier molecular flexibility index (Phi) is 5.07. The molecule has 3 aromatic rings. The Morgan fingerprint density at radius 3 is 2.55 bits per heavy atom. The molecule has 5 rings (SSSR count). The van der Waals surface area contributed by atoms with Gasteiger partial charge in [0.25, 0.3) is 0 Å². The van der Waals surface area contributed by atoms with Crippen molar-refractivity contribution in [3.8, 4) is 11.1 Å². The molecule has 1 aliphatic heterocycles. The summed E-state index contributed by atoms with van der Waals surface area (Å²) in [5, 5.41) is 5.72. The third kappa shape index (κ3) is 3.54. The van der Waals surface area contributed by atoms with Gasteiger partial charge in [0.05, 0.1) is 0 Å². The topological polar surface area (TPSA) is 46.3 Å². The molecule has 0 radical (unpaired) electrons. The van der Waals surface area contributed by atoms with E-state index in [1.807, 2.05) is 35.2 Å². The molecule has 2 aliphatic rings. The normalized spacial score (nSPS) is 19.4. The second kappa shape index (κ2) is 7.77. The summed E-state index contributed by atoms with van der Waals surface area (Å²) in [6.07, 6.45) is 2.09. The van der Waals surface area contributed by atoms with Crippen LogP contribution in [0.1, 0.15) is 23.6 Å². The van der Waals surface area contributed by atoms with E-state index in [4.69, 9.17) is 5.14 Å². The van der Waals surface area contributed by atoms with E-state index in [0.29, 0.717) is 18.4 Å². The first-order valence-electron chi connectivity index (χ1n) is 10.3. The summed E-state index contributed by atoms with van der Waals surface area (Å²) >= 11 is 1.18. The number of carbonyl (C=O) groups excluding carboxylic acids is 1. The number of hydrogen-bond donors (Lipinski definition) is 1. The lowest BCUT2D eigenvalue weighted by atomic mass is 10.00. The summed E-state index contributed by atoms with van der Waals surface area (Å²) < 4.78 is 27.9. The Labute approximate surface area is 184 Å². The van der Waals surface area contributed by atoms with E-state index in [2.05, 4.69) is 13.0 Å². The van der Waals surface area contributed by atoms with Crippen LogP contribution in [-0.4, -0.2) is 11.9 Å². The zero-order chi connectivity index (χ0) is 21.7. The number of carbonyl (C=O) groups is 1. The number of anilines is 1. The van der Waals surface area contributed by atoms with Crippen molar-refractivity contribution < 1.29 is 13.6 Å². The number of nitrogens with two attached hydrogens (primary N) is 1. The van der Waals surface area contributed by atoms with Crippen LogP contribution in [0.2, 0.25) is 0 Å². The van der Waals surface area contributed by atoms with Crippen LogP contribution in [0.5, 0.6) is 0 Å². The molecule has 1 amide bonds. The molecule has 158 valence electrons. The molecule has 1 heterocycles. The number of nitrogens with zero attached hydrogens (tertiary/aromatic N) is 1. The minimum absolute atomic E-state index is 0.0983. The van der Waals surface area contributed by atoms with Crippen molar-refractivity contribution in [3.05, 3.63) is 82.9 Å². The average Bonchev–Trinajstić information content (AvgIpc) is 3.34. The molecule has 2 N–H and O–H groups in total. The van der Waals surface area contributed by atoms with Crippen LogP contribution >= 0.6 is 11.9 Å². The van der Waals surface area contributed by atoms with Crippen molar-refractivity contribution in [2.75, 3.05) is 4.90 Å². The molecular formula is C25H22F2N2OS. The van der Waals surface area contributed by atoms with Crippen LogP contribution in [0.3, 0.4) is 0 Å². The zero-order valence-electron chi connectivity index (χ0n) is 17.1. The van der Waals surface area contributed by atoms with Crippen molar-refractivity contribution in [3.63, 3.8) is 0 Å². The van der Waals surface area contributed by atoms with Gasteiger partial charge in [0.15, 0.2) is 0 Å². The summed E-state index contributed by atoms with van der Waals surface area (Å²) in [6.45, 7) is 2.07. The average molecular weight is 437 g/mol. The summed E-state index contributed by atoms with van der Waals surface area (Å²) in [7, 11) is 0. The molecule has 1 aliphatic carbocycles. The van der Waals surface area contributed by atoms with Crippen LogP contribution in [0.15, 0.2) is 59.5 Å². The Morgan fingerprint density at radius 1 is 0.968 bits per heavy atom. The van der Waals surface area contributed by atoms with E-state index in [1.54, 1.807) is 0 Å². The van der Waals surface area contributed by atoms with Gasteiger partial charge in [-0.25, -0.2) is 8.78 Å². The molecule has 0 saturated carbocycles. The van der Waals surface area contributed by atoms with Crippen LogP contribution in [0, 0.1) is 17.6 Å². The van der Waals surface area contributed by atoms with Crippen LogP contribution < -0.4 is 10.0 Å². The molecule has 0 bridgehead atoms. The molecule has 0 fully saturated rings. The third-order valence-corrected chi connectivity index (χ3v) is 6.90. The highest BCUT2D eigenvalue weighted by Gasteiger charge is 2.37. The summed E-state index contributed by atoms with van der Waals surface area (Å²) in [4.78, 5) is 16.4. The number of benzene rings is 3. The minimum Gasteiger partial charge on any atom is -0.309 e. The van der Waals surface area contributed by atoms with E-state index in [1.165, 1.54) is 18.0 Å². The first-order chi connectivity index (χ1) is 14.9. The van der Waals surface area contributed by atoms with Gasteiger partial charge in [-0.05, 0) is 90.7 Å². The molecular weight excluding hydrogens is 414 g/mol. The SMILES string of the molecule is C[C@H]1Cc2ccc(SN)cc2N1C(=O)[C@@H]1Cc2ccc(-c3cc(F)ccc3F)cc2C1. The highest BCUT2D eigenvalue weighted by atomic mass is 32.2. The quantitative estimate of drug-likeness (QED) is 0.568. The van der Waals surface area contributed by atoms with Crippen molar-refractivity contribution >= 4 is 23.5 Å². The lowest BCUT2D eigenvalue weighted by Crippen LogP contribution is -2.40. The first-order valence-corrected chi connectivity index (χ1v) is 11.2. The van der Waals surface area contributed by atoms with Gasteiger partial charge >= 0.3 is 0 Å². The van der Waals surface area contributed by atoms with Crippen LogP contribution in [-0.2, 0) is 24.1 Å². The smallest absolute Gasteiger partial charge is 0.231 e. The van der Waals surface area contributed by atoms with Crippen molar-refractivity contribution in [2.45, 2.75) is 37.1 Å². The summed E-state index contributed by atoms with van der Waals surface area (Å²) in [5.41, 5.74) is 5.11. The van der Waals surface area contributed by atoms with Gasteiger partial charge < -0.3 is 4.90 Å². The zero-order valence-corrected chi connectivity index (χ0v) is 17.9. The van der Waals surface area contributed by atoms with Crippen LogP contribution in [0.4, 0.5) is 14.5 Å². The standard InChI is InChI=1S/C25H22F2N2OS/c1-14-8-17-4-6-21(31-28)13-24(17)29(14)25(30)19-9-15-2-3-16(10-18(15)11-19)22-12-20(26)5-7-23(22)27/h2-7,10,12-14,19H,8-9,11,28H2,1H3/t14-,19+/m0/s1. The van der Waals surface area contributed by atoms with Gasteiger partial charge in [-0.15, -0.1) is 0 Å². The minimum atomic E-state index is -0.471. The number of rotatable bonds is 3. The van der Waals surface area contributed by atoms with Crippen molar-refractivity contribution in [2.24, 2.45) is 11.1 Å². The fourth-order valence-electron chi connectivity index (χ4n) is 4.87. The van der Waals surface area contributed by atoms with E-state index in [0.717, 1.165) is 45.8 Å². The molecule has 0 spiro atoms. The fourth-order valence-corrected chi connectivity index (χ4v) is 5.20. The molecule has 0 saturated heterocycles. The van der Waals surface area contributed by atoms with E-state index in [-0.39, 0.29) is 23.4 Å². The molecule has 2 atom stereocenters. The molecule has 3 aromatic carbocycles. The van der Waals surface area contributed by atoms with E-state index in [9.17, 15) is 13.6 Å². The van der Waals surface area contributed by atoms with Gasteiger partial charge in [0, 0.05) is 28.1 Å². The molecule has 6 heteroatoms. The predicted molar refractivity (Wildman–Crippen MR) is 120 cm³/mol. The monoisotopic (exact) mass is 436 g/mol. The van der Waals surface area contributed by atoms with Crippen LogP contribution in [0.25, 0.3) is 11.1 Å². The predicted octanol–water partition coefficient (Wildman–Crippen LogP) is 5.29. The fraction of sp³-hybridized carbons (Fsp3) is 0.240. The number of fused-ring (bicyclic) bond motifs is 2. The van der Waals surface area contributed by atoms with Gasteiger partial charge in [0.2, 0.25) is 5.91 Å². The Morgan fingerprint density at radius 2 is 1.74 bits per heavy atom. The Bertz CT molecular complexity index is 1200. The van der Waals surface area contributed by atoms with Gasteiger partial charge in [-0.3, -0.25) is 9.93 Å². The first kappa shape index (κ1) is 20.2.